The lowest BCUT2D eigenvalue weighted by molar-refractivity contribution is -0.119. The van der Waals surface area contributed by atoms with Crippen LogP contribution in [0.2, 0.25) is 0 Å². The van der Waals surface area contributed by atoms with E-state index >= 15 is 0 Å². The molecule has 5 heteroatoms. The maximum Gasteiger partial charge on any atom is 0.336 e. The summed E-state index contributed by atoms with van der Waals surface area (Å²) in [5.41, 5.74) is 0.231. The van der Waals surface area contributed by atoms with Gasteiger partial charge in [-0.15, -0.1) is 11.8 Å². The van der Waals surface area contributed by atoms with Gasteiger partial charge in [-0.1, -0.05) is 12.1 Å². The topological polar surface area (TPSA) is 66.4 Å². The third kappa shape index (κ3) is 4.48. The molecule has 0 saturated heterocycles. The Morgan fingerprint density at radius 1 is 1.35 bits per heavy atom. The number of carboxylic acids is 1. The number of aromatic carboxylic acids is 1. The first-order chi connectivity index (χ1) is 8.00. The molecule has 1 amide bonds. The van der Waals surface area contributed by atoms with Crippen molar-refractivity contribution in [2.45, 2.75) is 24.8 Å². The fourth-order valence-corrected chi connectivity index (χ4v) is 2.13. The molecule has 0 aliphatic carbocycles. The van der Waals surface area contributed by atoms with Gasteiger partial charge in [0, 0.05) is 10.9 Å². The highest BCUT2D eigenvalue weighted by Crippen LogP contribution is 2.22. The van der Waals surface area contributed by atoms with Crippen LogP contribution in [0.3, 0.4) is 0 Å². The van der Waals surface area contributed by atoms with Gasteiger partial charge in [0.25, 0.3) is 0 Å². The highest BCUT2D eigenvalue weighted by Gasteiger charge is 2.11. The Morgan fingerprint density at radius 3 is 2.59 bits per heavy atom. The Hall–Kier alpha value is -1.49. The average molecular weight is 253 g/mol. The Kier molecular flexibility index (Phi) is 5.03. The van der Waals surface area contributed by atoms with E-state index in [9.17, 15) is 9.59 Å². The molecule has 0 heterocycles. The number of carbonyl (C=O) groups is 2. The number of thioether (sulfide) groups is 1. The predicted octanol–water partition coefficient (Wildman–Crippen LogP) is 2.00. The lowest BCUT2D eigenvalue weighted by atomic mass is 10.2. The zero-order chi connectivity index (χ0) is 12.8. The first kappa shape index (κ1) is 13.6. The Labute approximate surface area is 104 Å². The van der Waals surface area contributed by atoms with E-state index in [1.807, 2.05) is 13.8 Å². The third-order valence-corrected chi connectivity index (χ3v) is 3.00. The van der Waals surface area contributed by atoms with Crippen molar-refractivity contribution in [2.75, 3.05) is 5.75 Å². The zero-order valence-electron chi connectivity index (χ0n) is 9.77. The van der Waals surface area contributed by atoms with Crippen molar-refractivity contribution < 1.29 is 14.7 Å². The minimum absolute atomic E-state index is 0.0924. The fourth-order valence-electron chi connectivity index (χ4n) is 1.28. The molecule has 4 nitrogen and oxygen atoms in total. The number of carboxylic acid groups (broad SMARTS) is 1. The van der Waals surface area contributed by atoms with Crippen LogP contribution in [0, 0.1) is 0 Å². The summed E-state index contributed by atoms with van der Waals surface area (Å²) in [6.07, 6.45) is 0. The number of rotatable bonds is 5. The lowest BCUT2D eigenvalue weighted by Gasteiger charge is -2.08. The van der Waals surface area contributed by atoms with Gasteiger partial charge in [-0.25, -0.2) is 4.79 Å². The lowest BCUT2D eigenvalue weighted by Crippen LogP contribution is -2.31. The van der Waals surface area contributed by atoms with Crippen LogP contribution < -0.4 is 5.32 Å². The predicted molar refractivity (Wildman–Crippen MR) is 67.4 cm³/mol. The standard InChI is InChI=1S/C12H15NO3S/c1-8(2)13-11(14)7-17-10-6-4-3-5-9(10)12(15)16/h3-6,8H,7H2,1-2H3,(H,13,14)(H,15,16). The van der Waals surface area contributed by atoms with Crippen molar-refractivity contribution in [2.24, 2.45) is 0 Å². The van der Waals surface area contributed by atoms with Crippen LogP contribution in [-0.2, 0) is 4.79 Å². The summed E-state index contributed by atoms with van der Waals surface area (Å²) in [6, 6.07) is 6.76. The van der Waals surface area contributed by atoms with Gasteiger partial charge in [0.05, 0.1) is 11.3 Å². The summed E-state index contributed by atoms with van der Waals surface area (Å²) >= 11 is 1.23. The maximum atomic E-state index is 11.4. The van der Waals surface area contributed by atoms with Gasteiger partial charge in [0.15, 0.2) is 0 Å². The molecule has 0 aliphatic rings. The van der Waals surface area contributed by atoms with Crippen LogP contribution in [-0.4, -0.2) is 28.8 Å². The molecule has 1 aromatic carbocycles. The Bertz CT molecular complexity index is 418. The van der Waals surface area contributed by atoms with Crippen molar-refractivity contribution >= 4 is 23.6 Å². The minimum Gasteiger partial charge on any atom is -0.478 e. The number of nitrogens with one attached hydrogen (secondary N) is 1. The van der Waals surface area contributed by atoms with Gasteiger partial charge in [-0.3, -0.25) is 4.79 Å². The van der Waals surface area contributed by atoms with Crippen LogP contribution >= 0.6 is 11.8 Å². The number of carbonyl (C=O) groups excluding carboxylic acids is 1. The third-order valence-electron chi connectivity index (χ3n) is 1.93. The summed E-state index contributed by atoms with van der Waals surface area (Å²) in [6.45, 7) is 3.77. The van der Waals surface area contributed by atoms with Gasteiger partial charge >= 0.3 is 5.97 Å². The maximum absolute atomic E-state index is 11.4. The zero-order valence-corrected chi connectivity index (χ0v) is 10.6. The van der Waals surface area contributed by atoms with Gasteiger partial charge in [0.1, 0.15) is 0 Å². The first-order valence-electron chi connectivity index (χ1n) is 5.25. The molecular weight excluding hydrogens is 238 g/mol. The van der Waals surface area contributed by atoms with Crippen molar-refractivity contribution in [3.05, 3.63) is 29.8 Å². The van der Waals surface area contributed by atoms with E-state index in [4.69, 9.17) is 5.11 Å². The second kappa shape index (κ2) is 6.30. The molecule has 2 N–H and O–H groups in total. The molecule has 0 spiro atoms. The van der Waals surface area contributed by atoms with Crippen LogP contribution in [0.5, 0.6) is 0 Å². The monoisotopic (exact) mass is 253 g/mol. The van der Waals surface area contributed by atoms with E-state index in [-0.39, 0.29) is 23.3 Å². The normalized spacial score (nSPS) is 10.3. The molecule has 1 aromatic rings. The summed E-state index contributed by atoms with van der Waals surface area (Å²) in [5.74, 6) is -0.842. The molecular formula is C12H15NO3S. The highest BCUT2D eigenvalue weighted by molar-refractivity contribution is 8.00. The number of benzene rings is 1. The van der Waals surface area contributed by atoms with Crippen molar-refractivity contribution in [1.82, 2.24) is 5.32 Å². The van der Waals surface area contributed by atoms with Crippen molar-refractivity contribution in [3.8, 4) is 0 Å². The average Bonchev–Trinajstić information content (AvgIpc) is 2.25. The van der Waals surface area contributed by atoms with E-state index in [1.165, 1.54) is 17.8 Å². The van der Waals surface area contributed by atoms with E-state index in [1.54, 1.807) is 18.2 Å². The number of hydrogen-bond donors (Lipinski definition) is 2. The molecule has 0 atom stereocenters. The molecule has 17 heavy (non-hydrogen) atoms. The van der Waals surface area contributed by atoms with Gasteiger partial charge in [-0.05, 0) is 26.0 Å². The number of amides is 1. The fraction of sp³-hybridized carbons (Fsp3) is 0.333. The molecule has 0 saturated carbocycles. The number of hydrogen-bond acceptors (Lipinski definition) is 3. The molecule has 1 rings (SSSR count). The molecule has 0 bridgehead atoms. The molecule has 0 aliphatic heterocycles. The van der Waals surface area contributed by atoms with Crippen molar-refractivity contribution in [1.29, 1.82) is 0 Å². The van der Waals surface area contributed by atoms with Crippen LogP contribution in [0.25, 0.3) is 0 Å². The Balaban J connectivity index is 2.63. The van der Waals surface area contributed by atoms with Gasteiger partial charge in [-0.2, -0.15) is 0 Å². The van der Waals surface area contributed by atoms with E-state index in [2.05, 4.69) is 5.32 Å². The minimum atomic E-state index is -0.975. The summed E-state index contributed by atoms with van der Waals surface area (Å²) in [7, 11) is 0. The van der Waals surface area contributed by atoms with Crippen molar-refractivity contribution in [3.63, 3.8) is 0 Å². The molecule has 0 radical (unpaired) electrons. The van der Waals surface area contributed by atoms with E-state index in [0.29, 0.717) is 4.90 Å². The van der Waals surface area contributed by atoms with Crippen LogP contribution in [0.4, 0.5) is 0 Å². The highest BCUT2D eigenvalue weighted by atomic mass is 32.2. The summed E-state index contributed by atoms with van der Waals surface area (Å²) < 4.78 is 0. The first-order valence-corrected chi connectivity index (χ1v) is 6.23. The summed E-state index contributed by atoms with van der Waals surface area (Å²) in [4.78, 5) is 23.0. The van der Waals surface area contributed by atoms with E-state index in [0.717, 1.165) is 0 Å². The SMILES string of the molecule is CC(C)NC(=O)CSc1ccccc1C(=O)O. The smallest absolute Gasteiger partial charge is 0.336 e. The largest absolute Gasteiger partial charge is 0.478 e. The van der Waals surface area contributed by atoms with Gasteiger partial charge < -0.3 is 10.4 Å². The second-order valence-electron chi connectivity index (χ2n) is 3.81. The molecule has 92 valence electrons. The molecule has 0 fully saturated rings. The van der Waals surface area contributed by atoms with Crippen LogP contribution in [0.1, 0.15) is 24.2 Å². The Morgan fingerprint density at radius 2 is 2.00 bits per heavy atom. The van der Waals surface area contributed by atoms with E-state index < -0.39 is 5.97 Å². The second-order valence-corrected chi connectivity index (χ2v) is 4.83. The molecule has 0 aromatic heterocycles. The van der Waals surface area contributed by atoms with Crippen LogP contribution in [0.15, 0.2) is 29.2 Å². The summed E-state index contributed by atoms with van der Waals surface area (Å²) in [5, 5.41) is 11.7. The quantitative estimate of drug-likeness (QED) is 0.788. The van der Waals surface area contributed by atoms with Gasteiger partial charge in [0.2, 0.25) is 5.91 Å². The molecule has 0 unspecified atom stereocenters.